The smallest absolute Gasteiger partial charge is 0.224 e. The number of hydrogen-bond donors (Lipinski definition) is 0. The zero-order chi connectivity index (χ0) is 6.74. The zero-order valence-electron chi connectivity index (χ0n) is 5.33. The zero-order valence-corrected chi connectivity index (χ0v) is 5.33. The Bertz CT molecular complexity index is 149. The molecule has 1 aliphatic rings. The number of ether oxygens (including phenoxy) is 1. The summed E-state index contributed by atoms with van der Waals surface area (Å²) >= 11 is 0. The van der Waals surface area contributed by atoms with Crippen molar-refractivity contribution in [1.29, 1.82) is 0 Å². The Morgan fingerprint density at radius 3 is 2.67 bits per heavy atom. The molecule has 2 heteroatoms. The summed E-state index contributed by atoms with van der Waals surface area (Å²) < 4.78 is 4.69. The van der Waals surface area contributed by atoms with E-state index in [4.69, 9.17) is 0 Å². The number of methoxy groups -OCH3 is 1. The molecule has 1 unspecified atom stereocenters. The second-order valence-electron chi connectivity index (χ2n) is 2.01. The highest BCUT2D eigenvalue weighted by atomic mass is 16.6. The molecule has 0 aromatic carbocycles. The first-order valence-electron chi connectivity index (χ1n) is 2.87. The van der Waals surface area contributed by atoms with E-state index in [-0.39, 0.29) is 0 Å². The van der Waals surface area contributed by atoms with Gasteiger partial charge in [0, 0.05) is 13.5 Å². The van der Waals surface area contributed by atoms with Crippen LogP contribution < -0.4 is 0 Å². The van der Waals surface area contributed by atoms with Crippen LogP contribution in [-0.4, -0.2) is 12.9 Å². The molecule has 0 N–H and O–H groups in total. The molecule has 1 radical (unpaired) electrons. The molecular formula is C7H9O2. The average Bonchev–Trinajstić information content (AvgIpc) is 1.90. The highest BCUT2D eigenvalue weighted by molar-refractivity contribution is 5.14. The predicted octanol–water partition coefficient (Wildman–Crippen LogP) is 1.28. The van der Waals surface area contributed by atoms with Gasteiger partial charge in [-0.2, -0.15) is 5.11 Å². The van der Waals surface area contributed by atoms with E-state index < -0.39 is 5.79 Å². The third-order valence-electron chi connectivity index (χ3n) is 1.35. The lowest BCUT2D eigenvalue weighted by molar-refractivity contribution is -0.186. The minimum absolute atomic E-state index is 0.431. The van der Waals surface area contributed by atoms with Gasteiger partial charge in [-0.1, -0.05) is 18.2 Å². The van der Waals surface area contributed by atoms with Crippen molar-refractivity contribution in [2.24, 2.45) is 0 Å². The molecule has 1 rings (SSSR count). The van der Waals surface area contributed by atoms with Crippen molar-refractivity contribution >= 4 is 0 Å². The Hall–Kier alpha value is -0.600. The summed E-state index contributed by atoms with van der Waals surface area (Å²) in [5.41, 5.74) is 0. The monoisotopic (exact) mass is 125 g/mol. The molecule has 0 amide bonds. The van der Waals surface area contributed by atoms with Gasteiger partial charge in [0.2, 0.25) is 5.79 Å². The Labute approximate surface area is 54.5 Å². The van der Waals surface area contributed by atoms with E-state index in [0.717, 1.165) is 0 Å². The van der Waals surface area contributed by atoms with Crippen molar-refractivity contribution in [1.82, 2.24) is 0 Å². The summed E-state index contributed by atoms with van der Waals surface area (Å²) in [7, 11) is 1.43. The summed E-state index contributed by atoms with van der Waals surface area (Å²) in [5, 5.41) is 11.1. The van der Waals surface area contributed by atoms with Crippen LogP contribution in [0.5, 0.6) is 0 Å². The van der Waals surface area contributed by atoms with Gasteiger partial charge in [-0.3, -0.25) is 0 Å². The van der Waals surface area contributed by atoms with E-state index in [1.54, 1.807) is 12.2 Å². The molecule has 1 aliphatic carbocycles. The third kappa shape index (κ3) is 1.40. The van der Waals surface area contributed by atoms with E-state index in [0.29, 0.717) is 6.42 Å². The molecule has 0 aromatic rings. The fraction of sp³-hybridized carbons (Fsp3) is 0.429. The topological polar surface area (TPSA) is 29.1 Å². The van der Waals surface area contributed by atoms with Crippen molar-refractivity contribution in [3.63, 3.8) is 0 Å². The number of rotatable bonds is 1. The normalized spacial score (nSPS) is 33.1. The quantitative estimate of drug-likeness (QED) is 0.485. The summed E-state index contributed by atoms with van der Waals surface area (Å²) in [6.07, 6.45) is 7.30. The van der Waals surface area contributed by atoms with Crippen molar-refractivity contribution in [3.05, 3.63) is 24.3 Å². The lowest BCUT2D eigenvalue weighted by Gasteiger charge is -2.19. The molecule has 49 valence electrons. The molecule has 9 heavy (non-hydrogen) atoms. The first-order chi connectivity index (χ1) is 4.27. The minimum atomic E-state index is -1.30. The van der Waals surface area contributed by atoms with Crippen molar-refractivity contribution < 1.29 is 9.84 Å². The Balaban J connectivity index is 2.63. The van der Waals surface area contributed by atoms with Crippen LogP contribution in [0.4, 0.5) is 0 Å². The maximum atomic E-state index is 11.1. The lowest BCUT2D eigenvalue weighted by Crippen LogP contribution is -2.26. The summed E-state index contributed by atoms with van der Waals surface area (Å²) in [5.74, 6) is -1.30. The maximum absolute atomic E-state index is 11.1. The van der Waals surface area contributed by atoms with Crippen LogP contribution in [0.3, 0.4) is 0 Å². The Morgan fingerprint density at radius 1 is 1.56 bits per heavy atom. The largest absolute Gasteiger partial charge is 0.347 e. The van der Waals surface area contributed by atoms with Crippen LogP contribution >= 0.6 is 0 Å². The maximum Gasteiger partial charge on any atom is 0.224 e. The van der Waals surface area contributed by atoms with Gasteiger partial charge in [0.1, 0.15) is 0 Å². The van der Waals surface area contributed by atoms with Gasteiger partial charge in [-0.15, -0.1) is 0 Å². The first kappa shape index (κ1) is 6.52. The van der Waals surface area contributed by atoms with Crippen molar-refractivity contribution in [2.45, 2.75) is 12.2 Å². The summed E-state index contributed by atoms with van der Waals surface area (Å²) in [6, 6.07) is 0. The van der Waals surface area contributed by atoms with E-state index in [1.807, 2.05) is 6.08 Å². The van der Waals surface area contributed by atoms with Crippen LogP contribution in [-0.2, 0) is 9.84 Å². The van der Waals surface area contributed by atoms with Crippen LogP contribution in [0.1, 0.15) is 6.42 Å². The second kappa shape index (κ2) is 2.33. The lowest BCUT2D eigenvalue weighted by atomic mass is 10.1. The average molecular weight is 125 g/mol. The SMILES string of the molecule is COC1([O])C=CC=CC1. The Morgan fingerprint density at radius 2 is 2.33 bits per heavy atom. The number of allylic oxidation sites excluding steroid dienone is 2. The standard InChI is InChI=1S/C7H9O2/c1-9-7(8)5-3-2-4-6-7/h2-5H,6H2,1H3. The van der Waals surface area contributed by atoms with Gasteiger partial charge in [-0.05, 0) is 6.08 Å². The van der Waals surface area contributed by atoms with Gasteiger partial charge in [-0.25, -0.2) is 0 Å². The molecule has 0 spiro atoms. The first-order valence-corrected chi connectivity index (χ1v) is 2.87. The van der Waals surface area contributed by atoms with Gasteiger partial charge in [0.15, 0.2) is 0 Å². The van der Waals surface area contributed by atoms with E-state index in [2.05, 4.69) is 4.74 Å². The number of hydrogen-bond acceptors (Lipinski definition) is 1. The highest BCUT2D eigenvalue weighted by Gasteiger charge is 2.24. The molecule has 0 saturated carbocycles. The molecule has 0 fully saturated rings. The van der Waals surface area contributed by atoms with Crippen LogP contribution in [0.25, 0.3) is 0 Å². The molecule has 0 bridgehead atoms. The minimum Gasteiger partial charge on any atom is -0.347 e. The second-order valence-corrected chi connectivity index (χ2v) is 2.01. The van der Waals surface area contributed by atoms with Gasteiger partial charge in [0.05, 0.1) is 0 Å². The van der Waals surface area contributed by atoms with Crippen LogP contribution in [0, 0.1) is 0 Å². The molecule has 1 atom stereocenters. The Kier molecular flexibility index (Phi) is 1.69. The molecule has 0 aromatic heterocycles. The summed E-state index contributed by atoms with van der Waals surface area (Å²) in [6.45, 7) is 0. The van der Waals surface area contributed by atoms with Crippen LogP contribution in [0.15, 0.2) is 24.3 Å². The van der Waals surface area contributed by atoms with Gasteiger partial charge >= 0.3 is 0 Å². The third-order valence-corrected chi connectivity index (χ3v) is 1.35. The van der Waals surface area contributed by atoms with Gasteiger partial charge < -0.3 is 4.74 Å². The van der Waals surface area contributed by atoms with E-state index in [1.165, 1.54) is 13.2 Å². The van der Waals surface area contributed by atoms with E-state index >= 15 is 0 Å². The van der Waals surface area contributed by atoms with Crippen molar-refractivity contribution in [2.75, 3.05) is 7.11 Å². The molecule has 0 saturated heterocycles. The molecule has 0 heterocycles. The highest BCUT2D eigenvalue weighted by Crippen LogP contribution is 2.17. The van der Waals surface area contributed by atoms with Crippen LogP contribution in [0.2, 0.25) is 0 Å². The molecular weight excluding hydrogens is 116 g/mol. The molecule has 2 nitrogen and oxygen atoms in total. The summed E-state index contributed by atoms with van der Waals surface area (Å²) in [4.78, 5) is 0. The fourth-order valence-electron chi connectivity index (χ4n) is 0.732. The van der Waals surface area contributed by atoms with Crippen molar-refractivity contribution in [3.8, 4) is 0 Å². The van der Waals surface area contributed by atoms with E-state index in [9.17, 15) is 5.11 Å². The predicted molar refractivity (Wildman–Crippen MR) is 33.3 cm³/mol. The van der Waals surface area contributed by atoms with Gasteiger partial charge in [0.25, 0.3) is 0 Å². The molecule has 0 aliphatic heterocycles. The fourth-order valence-corrected chi connectivity index (χ4v) is 0.732.